The van der Waals surface area contributed by atoms with Gasteiger partial charge in [0.1, 0.15) is 6.07 Å². The predicted molar refractivity (Wildman–Crippen MR) is 112 cm³/mol. The lowest BCUT2D eigenvalue weighted by Gasteiger charge is -2.34. The summed E-state index contributed by atoms with van der Waals surface area (Å²) in [5, 5.41) is 13.5. The van der Waals surface area contributed by atoms with E-state index in [1.165, 1.54) is 0 Å². The molecule has 0 aliphatic carbocycles. The molecule has 0 atom stereocenters. The number of hydrogen-bond acceptors (Lipinski definition) is 5. The van der Waals surface area contributed by atoms with Gasteiger partial charge in [0.25, 0.3) is 0 Å². The number of amides is 1. The van der Waals surface area contributed by atoms with Gasteiger partial charge in [0.05, 0.1) is 17.6 Å². The lowest BCUT2D eigenvalue weighted by Crippen LogP contribution is -2.42. The van der Waals surface area contributed by atoms with Crippen LogP contribution in [0.2, 0.25) is 0 Å². The van der Waals surface area contributed by atoms with Gasteiger partial charge in [-0.15, -0.1) is 0 Å². The van der Waals surface area contributed by atoms with Gasteiger partial charge in [0.2, 0.25) is 5.91 Å². The number of benzene rings is 1. The van der Waals surface area contributed by atoms with E-state index in [2.05, 4.69) is 40.0 Å². The highest BCUT2D eigenvalue weighted by atomic mass is 16.2. The molecule has 6 heteroatoms. The Morgan fingerprint density at radius 1 is 1.29 bits per heavy atom. The number of carbonyl (C=O) groups excluding carboxylic acids is 1. The second kappa shape index (κ2) is 9.52. The average Bonchev–Trinajstić information content (AvgIpc) is 2.75. The first-order valence-corrected chi connectivity index (χ1v) is 10.2. The molecular weight excluding hydrogens is 350 g/mol. The van der Waals surface area contributed by atoms with E-state index >= 15 is 0 Å². The molecule has 1 saturated heterocycles. The zero-order valence-electron chi connectivity index (χ0n) is 16.8. The number of aromatic nitrogens is 1. The summed E-state index contributed by atoms with van der Waals surface area (Å²) in [5.41, 5.74) is 2.53. The molecule has 1 aliphatic rings. The van der Waals surface area contributed by atoms with E-state index in [9.17, 15) is 10.1 Å². The molecule has 1 aromatic heterocycles. The third-order valence-electron chi connectivity index (χ3n) is 5.67. The first-order valence-electron chi connectivity index (χ1n) is 10.2. The Balaban J connectivity index is 1.57. The van der Waals surface area contributed by atoms with Crippen LogP contribution in [0.1, 0.15) is 32.3 Å². The van der Waals surface area contributed by atoms with E-state index in [0.717, 1.165) is 62.2 Å². The third kappa shape index (κ3) is 4.60. The zero-order chi connectivity index (χ0) is 19.9. The van der Waals surface area contributed by atoms with Crippen molar-refractivity contribution < 1.29 is 4.79 Å². The van der Waals surface area contributed by atoms with Gasteiger partial charge in [-0.3, -0.25) is 14.7 Å². The van der Waals surface area contributed by atoms with Crippen molar-refractivity contribution in [3.8, 4) is 6.07 Å². The number of hydrogen-bond donors (Lipinski definition) is 1. The molecule has 1 aliphatic heterocycles. The van der Waals surface area contributed by atoms with E-state index in [1.54, 1.807) is 6.20 Å². The van der Waals surface area contributed by atoms with Crippen LogP contribution in [0.4, 0.5) is 5.69 Å². The maximum atomic E-state index is 12.1. The molecule has 0 radical (unpaired) electrons. The number of fused-ring (bicyclic) bond motifs is 1. The Morgan fingerprint density at radius 3 is 2.71 bits per heavy atom. The van der Waals surface area contributed by atoms with Gasteiger partial charge in [0.15, 0.2) is 0 Å². The first-order chi connectivity index (χ1) is 13.7. The van der Waals surface area contributed by atoms with Crippen LogP contribution in [-0.2, 0) is 4.79 Å². The molecule has 1 fully saturated rings. The van der Waals surface area contributed by atoms with Gasteiger partial charge in [-0.25, -0.2) is 0 Å². The molecule has 1 N–H and O–H groups in total. The van der Waals surface area contributed by atoms with Crippen molar-refractivity contribution in [3.63, 3.8) is 0 Å². The summed E-state index contributed by atoms with van der Waals surface area (Å²) in [7, 11) is 0. The predicted octanol–water partition coefficient (Wildman–Crippen LogP) is 2.78. The summed E-state index contributed by atoms with van der Waals surface area (Å²) in [5.74, 6) is 0.634. The van der Waals surface area contributed by atoms with Crippen molar-refractivity contribution in [3.05, 3.63) is 36.0 Å². The zero-order valence-corrected chi connectivity index (χ0v) is 16.8. The van der Waals surface area contributed by atoms with Crippen LogP contribution in [0.15, 0.2) is 30.5 Å². The normalized spacial score (nSPS) is 15.0. The fraction of sp³-hybridized carbons (Fsp3) is 0.500. The SMILES string of the molecule is CCN(CC)CC(=O)NCC1CCN(c2ccc(C#N)c3ncccc23)CC1. The molecule has 1 aromatic carbocycles. The number of anilines is 1. The number of nitrogens with one attached hydrogen (secondary N) is 1. The average molecular weight is 380 g/mol. The Labute approximate surface area is 167 Å². The van der Waals surface area contributed by atoms with E-state index in [0.29, 0.717) is 18.0 Å². The number of likely N-dealkylation sites (N-methyl/N-ethyl adjacent to an activating group) is 1. The minimum Gasteiger partial charge on any atom is -0.371 e. The van der Waals surface area contributed by atoms with Crippen molar-refractivity contribution in [1.82, 2.24) is 15.2 Å². The van der Waals surface area contributed by atoms with Crippen LogP contribution < -0.4 is 10.2 Å². The number of nitriles is 1. The van der Waals surface area contributed by atoms with E-state index in [1.807, 2.05) is 24.3 Å². The van der Waals surface area contributed by atoms with E-state index in [-0.39, 0.29) is 5.91 Å². The van der Waals surface area contributed by atoms with Crippen molar-refractivity contribution in [1.29, 1.82) is 5.26 Å². The Bertz CT molecular complexity index is 848. The van der Waals surface area contributed by atoms with E-state index < -0.39 is 0 Å². The van der Waals surface area contributed by atoms with Crippen LogP contribution in [-0.4, -0.2) is 55.1 Å². The van der Waals surface area contributed by atoms with E-state index in [4.69, 9.17) is 0 Å². The lowest BCUT2D eigenvalue weighted by molar-refractivity contribution is -0.122. The summed E-state index contributed by atoms with van der Waals surface area (Å²) in [6.07, 6.45) is 3.83. The number of nitrogens with zero attached hydrogens (tertiary/aromatic N) is 4. The Kier molecular flexibility index (Phi) is 6.83. The summed E-state index contributed by atoms with van der Waals surface area (Å²) in [6.45, 7) is 9.09. The number of pyridine rings is 1. The number of piperidine rings is 1. The second-order valence-electron chi connectivity index (χ2n) is 7.34. The molecular formula is C22H29N5O. The maximum Gasteiger partial charge on any atom is 0.234 e. The van der Waals surface area contributed by atoms with Crippen LogP contribution in [0.5, 0.6) is 0 Å². The monoisotopic (exact) mass is 379 g/mol. The van der Waals surface area contributed by atoms with Crippen molar-refractivity contribution >= 4 is 22.5 Å². The summed E-state index contributed by atoms with van der Waals surface area (Å²) < 4.78 is 0. The third-order valence-corrected chi connectivity index (χ3v) is 5.67. The molecule has 2 heterocycles. The number of carbonyl (C=O) groups is 1. The van der Waals surface area contributed by atoms with Crippen molar-refractivity contribution in [2.75, 3.05) is 44.2 Å². The van der Waals surface area contributed by atoms with Crippen LogP contribution >= 0.6 is 0 Å². The summed E-state index contributed by atoms with van der Waals surface area (Å²) >= 11 is 0. The quantitative estimate of drug-likeness (QED) is 0.801. The molecule has 0 spiro atoms. The molecule has 0 unspecified atom stereocenters. The van der Waals surface area contributed by atoms with Crippen molar-refractivity contribution in [2.45, 2.75) is 26.7 Å². The Morgan fingerprint density at radius 2 is 2.04 bits per heavy atom. The van der Waals surface area contributed by atoms with Gasteiger partial charge < -0.3 is 10.2 Å². The second-order valence-corrected chi connectivity index (χ2v) is 7.34. The van der Waals surface area contributed by atoms with Gasteiger partial charge in [-0.05, 0) is 56.1 Å². The highest BCUT2D eigenvalue weighted by molar-refractivity contribution is 5.95. The summed E-state index contributed by atoms with van der Waals surface area (Å²) in [6, 6.07) is 10.1. The molecule has 0 saturated carbocycles. The molecule has 2 aromatic rings. The van der Waals surface area contributed by atoms with Gasteiger partial charge in [-0.1, -0.05) is 13.8 Å². The van der Waals surface area contributed by atoms with Gasteiger partial charge in [-0.2, -0.15) is 5.26 Å². The van der Waals surface area contributed by atoms with Crippen LogP contribution in [0, 0.1) is 17.2 Å². The van der Waals surface area contributed by atoms with Crippen LogP contribution in [0.3, 0.4) is 0 Å². The molecule has 148 valence electrons. The molecule has 1 amide bonds. The fourth-order valence-corrected chi connectivity index (χ4v) is 3.87. The minimum absolute atomic E-state index is 0.121. The van der Waals surface area contributed by atoms with Gasteiger partial charge >= 0.3 is 0 Å². The van der Waals surface area contributed by atoms with Gasteiger partial charge in [0, 0.05) is 36.9 Å². The lowest BCUT2D eigenvalue weighted by atomic mass is 9.95. The molecule has 6 nitrogen and oxygen atoms in total. The first kappa shape index (κ1) is 20.1. The molecule has 0 bridgehead atoms. The Hall–Kier alpha value is -2.65. The smallest absolute Gasteiger partial charge is 0.234 e. The number of rotatable bonds is 7. The maximum absolute atomic E-state index is 12.1. The fourth-order valence-electron chi connectivity index (χ4n) is 3.87. The molecule has 3 rings (SSSR count). The highest BCUT2D eigenvalue weighted by Crippen LogP contribution is 2.31. The highest BCUT2D eigenvalue weighted by Gasteiger charge is 2.22. The largest absolute Gasteiger partial charge is 0.371 e. The van der Waals surface area contributed by atoms with Crippen LogP contribution in [0.25, 0.3) is 10.9 Å². The molecule has 28 heavy (non-hydrogen) atoms. The summed E-state index contributed by atoms with van der Waals surface area (Å²) in [4.78, 5) is 21.0. The van der Waals surface area contributed by atoms with Crippen molar-refractivity contribution in [2.24, 2.45) is 5.92 Å². The minimum atomic E-state index is 0.121. The topological polar surface area (TPSA) is 72.3 Å². The standard InChI is InChI=1S/C22H29N5O/c1-3-26(4-2)16-21(28)25-15-17-9-12-27(13-10-17)20-8-7-18(14-23)22-19(20)6-5-11-24-22/h5-8,11,17H,3-4,9-10,12-13,15-16H2,1-2H3,(H,25,28).